The van der Waals surface area contributed by atoms with Crippen LogP contribution >= 0.6 is 0 Å². The number of tetrazole rings is 1. The van der Waals surface area contributed by atoms with Gasteiger partial charge in [-0.2, -0.15) is 4.80 Å². The molecule has 9 nitrogen and oxygen atoms in total. The zero-order valence-electron chi connectivity index (χ0n) is 21.4. The summed E-state index contributed by atoms with van der Waals surface area (Å²) in [6.07, 6.45) is 1.46. The van der Waals surface area contributed by atoms with Crippen LogP contribution in [0, 0.1) is 19.7 Å². The second-order valence-electron chi connectivity index (χ2n) is 9.86. The van der Waals surface area contributed by atoms with E-state index in [1.807, 2.05) is 52.8 Å². The number of anilines is 1. The number of aromatic nitrogens is 4. The van der Waals surface area contributed by atoms with Gasteiger partial charge in [-0.1, -0.05) is 17.7 Å². The fourth-order valence-corrected chi connectivity index (χ4v) is 3.97. The molecule has 0 bridgehead atoms. The van der Waals surface area contributed by atoms with E-state index < -0.39 is 23.4 Å². The van der Waals surface area contributed by atoms with E-state index in [0.29, 0.717) is 17.0 Å². The third kappa shape index (κ3) is 6.08. The Morgan fingerprint density at radius 2 is 1.84 bits per heavy atom. The minimum Gasteiger partial charge on any atom is -0.467 e. The molecule has 192 valence electrons. The highest BCUT2D eigenvalue weighted by Crippen LogP contribution is 2.32. The first-order valence-electron chi connectivity index (χ1n) is 11.8. The highest BCUT2D eigenvalue weighted by Gasteiger charge is 2.37. The third-order valence-electron chi connectivity index (χ3n) is 5.53. The normalized spacial score (nSPS) is 12.3. The first-order chi connectivity index (χ1) is 17.5. The van der Waals surface area contributed by atoms with E-state index in [-0.39, 0.29) is 18.2 Å². The van der Waals surface area contributed by atoms with Crippen LogP contribution < -0.4 is 10.2 Å². The molecule has 1 N–H and O–H groups in total. The van der Waals surface area contributed by atoms with Gasteiger partial charge in [-0.15, -0.1) is 10.2 Å². The lowest BCUT2D eigenvalue weighted by Crippen LogP contribution is -2.50. The Labute approximate surface area is 214 Å². The third-order valence-corrected chi connectivity index (χ3v) is 5.53. The molecule has 2 amide bonds. The van der Waals surface area contributed by atoms with Crippen LogP contribution in [0.1, 0.15) is 43.7 Å². The first kappa shape index (κ1) is 25.7. The summed E-state index contributed by atoms with van der Waals surface area (Å²) in [5.41, 5.74) is 2.40. The van der Waals surface area contributed by atoms with Crippen LogP contribution in [0.5, 0.6) is 0 Å². The molecule has 2 aromatic heterocycles. The van der Waals surface area contributed by atoms with E-state index in [4.69, 9.17) is 4.42 Å². The van der Waals surface area contributed by atoms with Crippen molar-refractivity contribution in [1.29, 1.82) is 0 Å². The topological polar surface area (TPSA) is 106 Å². The minimum absolute atomic E-state index is 0.249. The number of nitrogens with one attached hydrogen (secondary N) is 1. The Balaban J connectivity index is 1.73. The number of halogens is 1. The number of hydrogen-bond donors (Lipinski definition) is 1. The van der Waals surface area contributed by atoms with Gasteiger partial charge in [0.05, 0.1) is 6.26 Å². The molecule has 0 saturated heterocycles. The molecular weight excluding hydrogens is 475 g/mol. The van der Waals surface area contributed by atoms with Crippen LogP contribution in [0.4, 0.5) is 10.1 Å². The van der Waals surface area contributed by atoms with E-state index in [1.54, 1.807) is 12.1 Å². The molecule has 0 fully saturated rings. The maximum atomic E-state index is 13.9. The van der Waals surface area contributed by atoms with Crippen molar-refractivity contribution in [2.24, 2.45) is 0 Å². The molecule has 0 saturated carbocycles. The van der Waals surface area contributed by atoms with Crippen molar-refractivity contribution >= 4 is 17.5 Å². The Morgan fingerprint density at radius 3 is 2.46 bits per heavy atom. The lowest BCUT2D eigenvalue weighted by Gasteiger charge is -2.33. The van der Waals surface area contributed by atoms with E-state index in [1.165, 1.54) is 35.4 Å². The molecule has 0 aliphatic heterocycles. The summed E-state index contributed by atoms with van der Waals surface area (Å²) >= 11 is 0. The van der Waals surface area contributed by atoms with Gasteiger partial charge < -0.3 is 9.73 Å². The summed E-state index contributed by atoms with van der Waals surface area (Å²) in [4.78, 5) is 30.0. The Bertz CT molecular complexity index is 1390. The molecule has 10 heteroatoms. The van der Waals surface area contributed by atoms with Crippen LogP contribution in [0.3, 0.4) is 0 Å². The minimum atomic E-state index is -1.08. The van der Waals surface area contributed by atoms with Crippen molar-refractivity contribution in [2.45, 2.75) is 52.7 Å². The van der Waals surface area contributed by atoms with Crippen molar-refractivity contribution < 1.29 is 18.4 Å². The van der Waals surface area contributed by atoms with Gasteiger partial charge in [0.25, 0.3) is 11.8 Å². The molecule has 2 aromatic carbocycles. The summed E-state index contributed by atoms with van der Waals surface area (Å²) in [6.45, 7) is 9.14. The van der Waals surface area contributed by atoms with Crippen LogP contribution in [0.25, 0.3) is 11.4 Å². The molecule has 1 atom stereocenters. The molecule has 2 heterocycles. The monoisotopic (exact) mass is 504 g/mol. The number of amides is 2. The van der Waals surface area contributed by atoms with Crippen molar-refractivity contribution in [2.75, 3.05) is 4.90 Å². The van der Waals surface area contributed by atoms with Gasteiger partial charge >= 0.3 is 0 Å². The summed E-state index contributed by atoms with van der Waals surface area (Å²) < 4.78 is 18.9. The average molecular weight is 505 g/mol. The number of rotatable bonds is 7. The van der Waals surface area contributed by atoms with Gasteiger partial charge in [-0.3, -0.25) is 14.5 Å². The predicted molar refractivity (Wildman–Crippen MR) is 136 cm³/mol. The fourth-order valence-electron chi connectivity index (χ4n) is 3.97. The van der Waals surface area contributed by atoms with Gasteiger partial charge in [0.1, 0.15) is 18.1 Å². The first-order valence-corrected chi connectivity index (χ1v) is 11.8. The van der Waals surface area contributed by atoms with Crippen molar-refractivity contribution in [3.05, 3.63) is 83.6 Å². The Kier molecular flexibility index (Phi) is 7.19. The van der Waals surface area contributed by atoms with Gasteiger partial charge in [-0.05, 0) is 87.9 Å². The second-order valence-corrected chi connectivity index (χ2v) is 9.86. The molecule has 1 unspecified atom stereocenters. The molecule has 0 spiro atoms. The molecule has 0 radical (unpaired) electrons. The average Bonchev–Trinajstić information content (AvgIpc) is 3.50. The second kappa shape index (κ2) is 10.3. The molecule has 4 aromatic rings. The van der Waals surface area contributed by atoms with Gasteiger partial charge in [0, 0.05) is 16.8 Å². The molecule has 4 rings (SSSR count). The summed E-state index contributed by atoms with van der Waals surface area (Å²) in [5, 5.41) is 15.3. The van der Waals surface area contributed by atoms with Crippen molar-refractivity contribution in [3.8, 4) is 11.4 Å². The van der Waals surface area contributed by atoms with E-state index >= 15 is 0 Å². The number of nitrogens with zero attached hydrogens (tertiary/aromatic N) is 5. The van der Waals surface area contributed by atoms with E-state index in [2.05, 4.69) is 20.7 Å². The maximum absolute atomic E-state index is 13.9. The SMILES string of the molecule is Cc1ccc(N(C(=O)Cn2nnc(-c3ccc(F)cc3)n2)C(C(=O)NC(C)(C)C)c2ccco2)c(C)c1. The summed E-state index contributed by atoms with van der Waals surface area (Å²) in [6, 6.07) is 13.5. The zero-order valence-corrected chi connectivity index (χ0v) is 21.4. The molecule has 37 heavy (non-hydrogen) atoms. The smallest absolute Gasteiger partial charge is 0.251 e. The number of carbonyl (C=O) groups is 2. The fraction of sp³-hybridized carbons (Fsp3) is 0.296. The number of carbonyl (C=O) groups excluding carboxylic acids is 2. The van der Waals surface area contributed by atoms with Crippen LogP contribution in [-0.2, 0) is 16.1 Å². The van der Waals surface area contributed by atoms with Crippen LogP contribution in [-0.4, -0.2) is 37.6 Å². The summed E-state index contributed by atoms with van der Waals surface area (Å²) in [7, 11) is 0. The highest BCUT2D eigenvalue weighted by molar-refractivity contribution is 6.01. The quantitative estimate of drug-likeness (QED) is 0.400. The van der Waals surface area contributed by atoms with Crippen LogP contribution in [0.15, 0.2) is 65.3 Å². The van der Waals surface area contributed by atoms with E-state index in [9.17, 15) is 14.0 Å². The van der Waals surface area contributed by atoms with Gasteiger partial charge in [0.15, 0.2) is 6.04 Å². The van der Waals surface area contributed by atoms with Crippen molar-refractivity contribution in [3.63, 3.8) is 0 Å². The maximum Gasteiger partial charge on any atom is 0.251 e. The van der Waals surface area contributed by atoms with Gasteiger partial charge in [0.2, 0.25) is 5.82 Å². The largest absolute Gasteiger partial charge is 0.467 e. The standard InChI is InChI=1S/C27H29FN6O3/c1-17-8-13-21(18(2)15-17)34(24(22-7-6-14-37-22)26(36)29-27(3,4)5)23(35)16-33-31-25(30-32-33)19-9-11-20(28)12-10-19/h6-15,24H,16H2,1-5H3,(H,29,36). The Hall–Kier alpha value is -4.34. The van der Waals surface area contributed by atoms with Gasteiger partial charge in [-0.25, -0.2) is 4.39 Å². The molecule has 0 aliphatic rings. The predicted octanol–water partition coefficient (Wildman–Crippen LogP) is 4.38. The van der Waals surface area contributed by atoms with Crippen LogP contribution in [0.2, 0.25) is 0 Å². The summed E-state index contributed by atoms with van der Waals surface area (Å²) in [5.74, 6) is -0.657. The highest BCUT2D eigenvalue weighted by atomic mass is 19.1. The number of benzene rings is 2. The lowest BCUT2D eigenvalue weighted by atomic mass is 10.0. The molecular formula is C27H29FN6O3. The zero-order chi connectivity index (χ0) is 26.7. The Morgan fingerprint density at radius 1 is 1.11 bits per heavy atom. The van der Waals surface area contributed by atoms with Crippen molar-refractivity contribution in [1.82, 2.24) is 25.5 Å². The van der Waals surface area contributed by atoms with E-state index in [0.717, 1.165) is 15.9 Å². The number of aryl methyl sites for hydroxylation is 2. The number of furan rings is 1. The number of hydrogen-bond acceptors (Lipinski definition) is 6. The lowest BCUT2D eigenvalue weighted by molar-refractivity contribution is -0.128. The molecule has 0 aliphatic carbocycles.